The van der Waals surface area contributed by atoms with Gasteiger partial charge in [0.25, 0.3) is 0 Å². The molecule has 0 amide bonds. The number of benzene rings is 1. The van der Waals surface area contributed by atoms with Crippen LogP contribution in [0.5, 0.6) is 0 Å². The Morgan fingerprint density at radius 2 is 2.21 bits per heavy atom. The van der Waals surface area contributed by atoms with Gasteiger partial charge in [-0.15, -0.1) is 0 Å². The smallest absolute Gasteiger partial charge is 0.123 e. The molecule has 3 heteroatoms. The largest absolute Gasteiger partial charge is 0.378 e. The number of ether oxygens (including phenoxy) is 1. The fourth-order valence-electron chi connectivity index (χ4n) is 2.83. The van der Waals surface area contributed by atoms with E-state index in [0.29, 0.717) is 12.1 Å². The van der Waals surface area contributed by atoms with Crippen LogP contribution >= 0.6 is 0 Å². The lowest BCUT2D eigenvalue weighted by atomic mass is 9.64. The second kappa shape index (κ2) is 5.59. The second-order valence-electron chi connectivity index (χ2n) is 6.00. The van der Waals surface area contributed by atoms with Gasteiger partial charge in [0.05, 0.1) is 6.10 Å². The van der Waals surface area contributed by atoms with E-state index in [2.05, 4.69) is 26.1 Å². The minimum absolute atomic E-state index is 0.137. The maximum Gasteiger partial charge on any atom is 0.123 e. The van der Waals surface area contributed by atoms with Gasteiger partial charge in [0.1, 0.15) is 5.82 Å². The van der Waals surface area contributed by atoms with Gasteiger partial charge in [-0.3, -0.25) is 0 Å². The van der Waals surface area contributed by atoms with Gasteiger partial charge >= 0.3 is 0 Å². The Morgan fingerprint density at radius 3 is 2.79 bits per heavy atom. The summed E-state index contributed by atoms with van der Waals surface area (Å²) in [5.41, 5.74) is 1.13. The molecule has 2 nitrogen and oxygen atoms in total. The van der Waals surface area contributed by atoms with Crippen molar-refractivity contribution in [2.24, 2.45) is 5.41 Å². The lowest BCUT2D eigenvalue weighted by molar-refractivity contribution is -0.116. The summed E-state index contributed by atoms with van der Waals surface area (Å²) in [6.07, 6.45) is 1.36. The van der Waals surface area contributed by atoms with Crippen molar-refractivity contribution in [3.05, 3.63) is 35.6 Å². The first-order valence-electron chi connectivity index (χ1n) is 7.08. The molecule has 0 radical (unpaired) electrons. The van der Waals surface area contributed by atoms with Gasteiger partial charge < -0.3 is 10.1 Å². The molecule has 0 spiro atoms. The Labute approximate surface area is 115 Å². The van der Waals surface area contributed by atoms with Crippen LogP contribution in [0, 0.1) is 11.2 Å². The van der Waals surface area contributed by atoms with Crippen molar-refractivity contribution in [3.63, 3.8) is 0 Å². The molecule has 19 heavy (non-hydrogen) atoms. The summed E-state index contributed by atoms with van der Waals surface area (Å²) in [5.74, 6) is -0.175. The third-order valence-electron chi connectivity index (χ3n) is 4.35. The van der Waals surface area contributed by atoms with E-state index in [4.69, 9.17) is 4.74 Å². The summed E-state index contributed by atoms with van der Waals surface area (Å²) in [5, 5.41) is 3.59. The molecular formula is C16H24FNO. The zero-order valence-electron chi connectivity index (χ0n) is 12.2. The summed E-state index contributed by atoms with van der Waals surface area (Å²) >= 11 is 0. The van der Waals surface area contributed by atoms with Crippen molar-refractivity contribution >= 4 is 0 Å². The number of hydrogen-bond donors (Lipinski definition) is 1. The van der Waals surface area contributed by atoms with Gasteiger partial charge in [-0.05, 0) is 38.0 Å². The maximum atomic E-state index is 13.2. The number of halogens is 1. The molecule has 0 saturated heterocycles. The van der Waals surface area contributed by atoms with Crippen molar-refractivity contribution < 1.29 is 9.13 Å². The predicted octanol–water partition coefficient (Wildman–Crippen LogP) is 3.68. The Hall–Kier alpha value is -0.930. The molecule has 1 aromatic carbocycles. The highest BCUT2D eigenvalue weighted by Crippen LogP contribution is 2.43. The fourth-order valence-corrected chi connectivity index (χ4v) is 2.83. The first-order chi connectivity index (χ1) is 8.95. The van der Waals surface area contributed by atoms with Gasteiger partial charge in [-0.2, -0.15) is 0 Å². The highest BCUT2D eigenvalue weighted by molar-refractivity contribution is 5.20. The summed E-state index contributed by atoms with van der Waals surface area (Å²) in [6, 6.07) is 7.38. The average Bonchev–Trinajstić information content (AvgIpc) is 2.37. The van der Waals surface area contributed by atoms with Crippen molar-refractivity contribution in [1.82, 2.24) is 5.32 Å². The zero-order chi connectivity index (χ0) is 14.0. The minimum Gasteiger partial charge on any atom is -0.378 e. The van der Waals surface area contributed by atoms with Crippen molar-refractivity contribution in [2.45, 2.75) is 52.3 Å². The first-order valence-corrected chi connectivity index (χ1v) is 7.08. The highest BCUT2D eigenvalue weighted by atomic mass is 19.1. The SMILES string of the molecule is CCOC1CC(NC(C)c2cccc(F)c2)C1(C)C. The minimum atomic E-state index is -0.175. The summed E-state index contributed by atoms with van der Waals surface area (Å²) in [6.45, 7) is 9.34. The van der Waals surface area contributed by atoms with Crippen LogP contribution in [-0.4, -0.2) is 18.8 Å². The van der Waals surface area contributed by atoms with E-state index in [1.54, 1.807) is 12.1 Å². The molecule has 106 valence electrons. The van der Waals surface area contributed by atoms with E-state index in [1.807, 2.05) is 13.0 Å². The molecule has 0 aromatic heterocycles. The first kappa shape index (κ1) is 14.5. The maximum absolute atomic E-state index is 13.2. The molecule has 0 heterocycles. The van der Waals surface area contributed by atoms with E-state index >= 15 is 0 Å². The molecule has 1 saturated carbocycles. The van der Waals surface area contributed by atoms with Crippen LogP contribution in [0.3, 0.4) is 0 Å². The van der Waals surface area contributed by atoms with Gasteiger partial charge in [-0.1, -0.05) is 26.0 Å². The Morgan fingerprint density at radius 1 is 1.47 bits per heavy atom. The normalized spacial score (nSPS) is 26.8. The number of rotatable bonds is 5. The van der Waals surface area contributed by atoms with Crippen molar-refractivity contribution in [3.8, 4) is 0 Å². The lowest BCUT2D eigenvalue weighted by Crippen LogP contribution is -2.61. The Bertz CT molecular complexity index is 433. The van der Waals surface area contributed by atoms with E-state index < -0.39 is 0 Å². The summed E-state index contributed by atoms with van der Waals surface area (Å²) in [4.78, 5) is 0. The predicted molar refractivity (Wildman–Crippen MR) is 75.6 cm³/mol. The summed E-state index contributed by atoms with van der Waals surface area (Å²) in [7, 11) is 0. The lowest BCUT2D eigenvalue weighted by Gasteiger charge is -2.52. The highest BCUT2D eigenvalue weighted by Gasteiger charge is 2.49. The zero-order valence-corrected chi connectivity index (χ0v) is 12.2. The van der Waals surface area contributed by atoms with Crippen LogP contribution in [0.25, 0.3) is 0 Å². The van der Waals surface area contributed by atoms with Gasteiger partial charge in [-0.25, -0.2) is 4.39 Å². The van der Waals surface area contributed by atoms with Gasteiger partial charge in [0.2, 0.25) is 0 Å². The molecule has 0 bridgehead atoms. The van der Waals surface area contributed by atoms with Crippen LogP contribution in [-0.2, 0) is 4.74 Å². The molecule has 0 aliphatic heterocycles. The number of hydrogen-bond acceptors (Lipinski definition) is 2. The summed E-state index contributed by atoms with van der Waals surface area (Å²) < 4.78 is 19.0. The van der Waals surface area contributed by atoms with Gasteiger partial charge in [0.15, 0.2) is 0 Å². The van der Waals surface area contributed by atoms with E-state index in [1.165, 1.54) is 6.07 Å². The van der Waals surface area contributed by atoms with E-state index in [0.717, 1.165) is 18.6 Å². The van der Waals surface area contributed by atoms with Crippen LogP contribution in [0.2, 0.25) is 0 Å². The van der Waals surface area contributed by atoms with Crippen molar-refractivity contribution in [1.29, 1.82) is 0 Å². The molecule has 1 aromatic rings. The molecule has 3 unspecified atom stereocenters. The fraction of sp³-hybridized carbons (Fsp3) is 0.625. The van der Waals surface area contributed by atoms with Crippen LogP contribution < -0.4 is 5.32 Å². The molecule has 3 atom stereocenters. The third kappa shape index (κ3) is 2.98. The molecule has 1 aliphatic carbocycles. The van der Waals surface area contributed by atoms with Crippen molar-refractivity contribution in [2.75, 3.05) is 6.61 Å². The molecule has 1 fully saturated rings. The molecular weight excluding hydrogens is 241 g/mol. The quantitative estimate of drug-likeness (QED) is 0.877. The Kier molecular flexibility index (Phi) is 4.26. The standard InChI is InChI=1S/C16H24FNO/c1-5-19-15-10-14(16(15,3)4)18-11(2)12-7-6-8-13(17)9-12/h6-9,11,14-15,18H,5,10H2,1-4H3. The Balaban J connectivity index is 1.96. The second-order valence-corrected chi connectivity index (χ2v) is 6.00. The monoisotopic (exact) mass is 265 g/mol. The van der Waals surface area contributed by atoms with Gasteiger partial charge in [0, 0.05) is 24.1 Å². The number of nitrogens with one attached hydrogen (secondary N) is 1. The molecule has 1 aliphatic rings. The third-order valence-corrected chi connectivity index (χ3v) is 4.35. The van der Waals surface area contributed by atoms with E-state index in [9.17, 15) is 4.39 Å². The average molecular weight is 265 g/mol. The molecule has 1 N–H and O–H groups in total. The topological polar surface area (TPSA) is 21.3 Å². The van der Waals surface area contributed by atoms with Crippen LogP contribution in [0.4, 0.5) is 4.39 Å². The van der Waals surface area contributed by atoms with Crippen LogP contribution in [0.15, 0.2) is 24.3 Å². The van der Waals surface area contributed by atoms with Crippen LogP contribution in [0.1, 0.15) is 45.7 Å². The molecule has 2 rings (SSSR count). The van der Waals surface area contributed by atoms with E-state index in [-0.39, 0.29) is 17.3 Å².